The number of anilines is 1. The lowest BCUT2D eigenvalue weighted by atomic mass is 10.2. The number of hydrogen-bond donors (Lipinski definition) is 2. The Bertz CT molecular complexity index is 1140. The Morgan fingerprint density at radius 3 is 2.36 bits per heavy atom. The van der Waals surface area contributed by atoms with Crippen molar-refractivity contribution in [1.29, 1.82) is 0 Å². The van der Waals surface area contributed by atoms with Crippen molar-refractivity contribution in [3.63, 3.8) is 0 Å². The molecule has 6 nitrogen and oxygen atoms in total. The van der Waals surface area contributed by atoms with Crippen molar-refractivity contribution >= 4 is 33.2 Å². The Hall–Kier alpha value is -2.98. The Labute approximate surface area is 163 Å². The molecule has 0 saturated heterocycles. The van der Waals surface area contributed by atoms with E-state index in [1.54, 1.807) is 25.1 Å². The molecule has 1 heterocycles. The SMILES string of the molecule is Cc1ccccc1S(=O)(=O)Nc1cc(-c2cc(F)cc(F)c2)sc1OC(=O)O. The fraction of sp³-hybridized carbons (Fsp3) is 0.0556. The predicted octanol–water partition coefficient (Wildman–Crippen LogP) is 4.86. The van der Waals surface area contributed by atoms with Gasteiger partial charge in [0.15, 0.2) is 0 Å². The number of ether oxygens (including phenoxy) is 1. The van der Waals surface area contributed by atoms with E-state index in [0.29, 0.717) is 11.6 Å². The molecule has 0 radical (unpaired) electrons. The van der Waals surface area contributed by atoms with Gasteiger partial charge in [0.25, 0.3) is 10.0 Å². The molecule has 28 heavy (non-hydrogen) atoms. The molecule has 0 atom stereocenters. The molecule has 0 unspecified atom stereocenters. The van der Waals surface area contributed by atoms with Crippen LogP contribution in [0, 0.1) is 18.6 Å². The average molecular weight is 425 g/mol. The first kappa shape index (κ1) is 19.8. The molecule has 0 aliphatic heterocycles. The van der Waals surface area contributed by atoms with Gasteiger partial charge in [0, 0.05) is 10.9 Å². The fourth-order valence-corrected chi connectivity index (χ4v) is 4.81. The normalized spacial score (nSPS) is 11.2. The highest BCUT2D eigenvalue weighted by atomic mass is 32.2. The molecule has 2 N–H and O–H groups in total. The van der Waals surface area contributed by atoms with E-state index in [2.05, 4.69) is 9.46 Å². The van der Waals surface area contributed by atoms with E-state index in [1.807, 2.05) is 0 Å². The highest BCUT2D eigenvalue weighted by Gasteiger charge is 2.22. The molecule has 2 aromatic carbocycles. The molecule has 0 saturated carbocycles. The first-order valence-corrected chi connectivity index (χ1v) is 10.1. The molecule has 146 valence electrons. The standard InChI is InChI=1S/C18H13F2NO5S2/c1-10-4-2-3-5-16(10)28(24,25)21-14-9-15(27-17(14)26-18(22)23)11-6-12(19)8-13(20)7-11/h2-9,21H,1H3,(H,22,23). The van der Waals surface area contributed by atoms with Crippen LogP contribution in [0.4, 0.5) is 19.3 Å². The lowest BCUT2D eigenvalue weighted by molar-refractivity contribution is 0.146. The molecular weight excluding hydrogens is 412 g/mol. The molecule has 0 spiro atoms. The van der Waals surface area contributed by atoms with Crippen molar-refractivity contribution in [2.75, 3.05) is 4.72 Å². The monoisotopic (exact) mass is 425 g/mol. The van der Waals surface area contributed by atoms with Gasteiger partial charge in [-0.1, -0.05) is 29.5 Å². The largest absolute Gasteiger partial charge is 0.512 e. The number of hydrogen-bond acceptors (Lipinski definition) is 5. The van der Waals surface area contributed by atoms with Crippen LogP contribution in [0.1, 0.15) is 5.56 Å². The van der Waals surface area contributed by atoms with Gasteiger partial charge in [-0.25, -0.2) is 22.0 Å². The molecule has 0 aliphatic rings. The second kappa shape index (κ2) is 7.56. The van der Waals surface area contributed by atoms with Crippen LogP contribution in [0.15, 0.2) is 53.4 Å². The van der Waals surface area contributed by atoms with Gasteiger partial charge in [0.05, 0.1) is 4.90 Å². The first-order chi connectivity index (χ1) is 13.2. The van der Waals surface area contributed by atoms with Gasteiger partial charge in [0.1, 0.15) is 17.3 Å². The third-order valence-electron chi connectivity index (χ3n) is 3.65. The summed E-state index contributed by atoms with van der Waals surface area (Å²) in [6.45, 7) is 1.61. The molecule has 10 heteroatoms. The van der Waals surface area contributed by atoms with Crippen LogP contribution in [0.3, 0.4) is 0 Å². The lowest BCUT2D eigenvalue weighted by Crippen LogP contribution is -2.15. The zero-order chi connectivity index (χ0) is 20.5. The lowest BCUT2D eigenvalue weighted by Gasteiger charge is -2.10. The molecule has 0 aliphatic carbocycles. The van der Waals surface area contributed by atoms with E-state index >= 15 is 0 Å². The fourth-order valence-electron chi connectivity index (χ4n) is 2.50. The number of carboxylic acid groups (broad SMARTS) is 1. The molecule has 3 rings (SSSR count). The van der Waals surface area contributed by atoms with Crippen LogP contribution in [-0.4, -0.2) is 19.7 Å². The Morgan fingerprint density at radius 1 is 1.11 bits per heavy atom. The Balaban J connectivity index is 2.05. The van der Waals surface area contributed by atoms with E-state index in [0.717, 1.165) is 23.5 Å². The van der Waals surface area contributed by atoms with Crippen LogP contribution in [0.2, 0.25) is 0 Å². The molecular formula is C18H13F2NO5S2. The van der Waals surface area contributed by atoms with E-state index in [4.69, 9.17) is 5.11 Å². The number of sulfonamides is 1. The minimum absolute atomic E-state index is 0.000764. The van der Waals surface area contributed by atoms with Gasteiger partial charge in [-0.2, -0.15) is 0 Å². The Kier molecular flexibility index (Phi) is 5.34. The summed E-state index contributed by atoms with van der Waals surface area (Å²) in [4.78, 5) is 11.2. The summed E-state index contributed by atoms with van der Waals surface area (Å²) in [5.74, 6) is -1.66. The van der Waals surface area contributed by atoms with Crippen molar-refractivity contribution in [2.45, 2.75) is 11.8 Å². The molecule has 3 aromatic rings. The zero-order valence-corrected chi connectivity index (χ0v) is 15.9. The van der Waals surface area contributed by atoms with E-state index < -0.39 is 27.8 Å². The third-order valence-corrected chi connectivity index (χ3v) is 6.24. The second-order valence-electron chi connectivity index (χ2n) is 5.71. The summed E-state index contributed by atoms with van der Waals surface area (Å²) in [5, 5.41) is 8.63. The molecule has 0 amide bonds. The van der Waals surface area contributed by atoms with Gasteiger partial charge in [-0.05, 0) is 42.3 Å². The van der Waals surface area contributed by atoms with E-state index in [1.165, 1.54) is 12.1 Å². The highest BCUT2D eigenvalue weighted by Crippen LogP contribution is 2.42. The maximum atomic E-state index is 13.5. The average Bonchev–Trinajstić information content (AvgIpc) is 2.95. The number of benzene rings is 2. The van der Waals surface area contributed by atoms with Crippen LogP contribution in [0.5, 0.6) is 5.06 Å². The van der Waals surface area contributed by atoms with Gasteiger partial charge in [0.2, 0.25) is 5.06 Å². The van der Waals surface area contributed by atoms with Crippen LogP contribution in [-0.2, 0) is 10.0 Å². The number of thiophene rings is 1. The smallest absolute Gasteiger partial charge is 0.449 e. The van der Waals surface area contributed by atoms with Gasteiger partial charge >= 0.3 is 6.16 Å². The summed E-state index contributed by atoms with van der Waals surface area (Å²) >= 11 is 0.735. The number of carbonyl (C=O) groups is 1. The van der Waals surface area contributed by atoms with E-state index in [-0.39, 0.29) is 26.1 Å². The predicted molar refractivity (Wildman–Crippen MR) is 100 cm³/mol. The number of nitrogens with one attached hydrogen (secondary N) is 1. The maximum absolute atomic E-state index is 13.5. The summed E-state index contributed by atoms with van der Waals surface area (Å²) in [6.07, 6.45) is -1.66. The summed E-state index contributed by atoms with van der Waals surface area (Å²) in [7, 11) is -4.05. The summed E-state index contributed by atoms with van der Waals surface area (Å²) in [6, 6.07) is 10.3. The van der Waals surface area contributed by atoms with Crippen molar-refractivity contribution in [3.8, 4) is 15.5 Å². The van der Waals surface area contributed by atoms with Crippen LogP contribution < -0.4 is 9.46 Å². The topological polar surface area (TPSA) is 92.7 Å². The molecule has 0 fully saturated rings. The first-order valence-electron chi connectivity index (χ1n) is 7.75. The van der Waals surface area contributed by atoms with Crippen molar-refractivity contribution in [2.24, 2.45) is 0 Å². The summed E-state index contributed by atoms with van der Waals surface area (Å²) in [5.41, 5.74) is 0.438. The zero-order valence-electron chi connectivity index (χ0n) is 14.3. The van der Waals surface area contributed by atoms with Gasteiger partial charge < -0.3 is 9.84 Å². The maximum Gasteiger partial charge on any atom is 0.512 e. The minimum Gasteiger partial charge on any atom is -0.449 e. The second-order valence-corrected chi connectivity index (χ2v) is 8.37. The van der Waals surface area contributed by atoms with Crippen LogP contribution in [0.25, 0.3) is 10.4 Å². The number of aryl methyl sites for hydroxylation is 1. The van der Waals surface area contributed by atoms with Crippen molar-refractivity contribution < 1.29 is 31.8 Å². The summed E-state index contributed by atoms with van der Waals surface area (Å²) < 4.78 is 59.3. The minimum atomic E-state index is -4.05. The molecule has 0 bridgehead atoms. The molecule has 1 aromatic heterocycles. The third kappa shape index (κ3) is 4.29. The van der Waals surface area contributed by atoms with Gasteiger partial charge in [-0.15, -0.1) is 0 Å². The van der Waals surface area contributed by atoms with Gasteiger partial charge in [-0.3, -0.25) is 4.72 Å². The van der Waals surface area contributed by atoms with Crippen LogP contribution >= 0.6 is 11.3 Å². The van der Waals surface area contributed by atoms with E-state index in [9.17, 15) is 22.0 Å². The Morgan fingerprint density at radius 2 is 1.75 bits per heavy atom. The number of rotatable bonds is 5. The highest BCUT2D eigenvalue weighted by molar-refractivity contribution is 7.92. The number of halogens is 2. The van der Waals surface area contributed by atoms with Crippen molar-refractivity contribution in [1.82, 2.24) is 0 Å². The quantitative estimate of drug-likeness (QED) is 0.570. The van der Waals surface area contributed by atoms with Crippen molar-refractivity contribution in [3.05, 3.63) is 65.7 Å².